The zero-order valence-electron chi connectivity index (χ0n) is 16.4. The number of nitrogens with one attached hydrogen (secondary N) is 2. The lowest BCUT2D eigenvalue weighted by atomic mass is 10.0. The van der Waals surface area contributed by atoms with Crippen molar-refractivity contribution in [2.75, 3.05) is 5.32 Å². The Morgan fingerprint density at radius 3 is 2.30 bits per heavy atom. The van der Waals surface area contributed by atoms with Gasteiger partial charge in [-0.3, -0.25) is 9.59 Å². The van der Waals surface area contributed by atoms with Crippen LogP contribution in [-0.4, -0.2) is 34.9 Å². The SMILES string of the molecule is CC(C)[C@H](NC(=O)c1ccc(F)cc1)C(=O)O[C@H](C)C(=O)Nc1ncc(Cl)cc1Cl. The van der Waals surface area contributed by atoms with Gasteiger partial charge in [-0.15, -0.1) is 0 Å². The van der Waals surface area contributed by atoms with Crippen LogP contribution in [0.15, 0.2) is 36.5 Å². The summed E-state index contributed by atoms with van der Waals surface area (Å²) in [6.45, 7) is 4.79. The summed E-state index contributed by atoms with van der Waals surface area (Å²) in [6.07, 6.45) is 0.120. The number of nitrogens with zero attached hydrogens (tertiary/aromatic N) is 1. The lowest BCUT2D eigenvalue weighted by molar-refractivity contribution is -0.156. The molecule has 0 spiro atoms. The molecule has 10 heteroatoms. The van der Waals surface area contributed by atoms with E-state index in [9.17, 15) is 18.8 Å². The van der Waals surface area contributed by atoms with Crippen molar-refractivity contribution in [1.82, 2.24) is 10.3 Å². The van der Waals surface area contributed by atoms with Gasteiger partial charge in [0.2, 0.25) is 0 Å². The van der Waals surface area contributed by atoms with Gasteiger partial charge in [0.25, 0.3) is 11.8 Å². The molecule has 2 N–H and O–H groups in total. The number of ether oxygens (including phenoxy) is 1. The molecule has 1 heterocycles. The van der Waals surface area contributed by atoms with Gasteiger partial charge in [0.05, 0.1) is 10.0 Å². The molecule has 2 amide bonds. The number of anilines is 1. The Kier molecular flexibility index (Phi) is 8.14. The molecule has 160 valence electrons. The number of halogens is 3. The van der Waals surface area contributed by atoms with Gasteiger partial charge < -0.3 is 15.4 Å². The number of carbonyl (C=O) groups is 3. The second-order valence-electron chi connectivity index (χ2n) is 6.75. The molecule has 0 saturated heterocycles. The fraction of sp³-hybridized carbons (Fsp3) is 0.300. The van der Waals surface area contributed by atoms with Gasteiger partial charge in [-0.25, -0.2) is 14.2 Å². The van der Waals surface area contributed by atoms with Gasteiger partial charge in [-0.2, -0.15) is 0 Å². The first-order valence-electron chi connectivity index (χ1n) is 8.97. The average molecular weight is 456 g/mol. The van der Waals surface area contributed by atoms with Crippen molar-refractivity contribution in [2.24, 2.45) is 5.92 Å². The molecule has 0 saturated carbocycles. The third kappa shape index (κ3) is 6.40. The first kappa shape index (κ1) is 23.6. The number of esters is 1. The van der Waals surface area contributed by atoms with E-state index in [1.54, 1.807) is 13.8 Å². The minimum atomic E-state index is -1.19. The molecular weight excluding hydrogens is 436 g/mol. The lowest BCUT2D eigenvalue weighted by Gasteiger charge is -2.23. The second-order valence-corrected chi connectivity index (χ2v) is 7.60. The summed E-state index contributed by atoms with van der Waals surface area (Å²) >= 11 is 11.7. The Balaban J connectivity index is 2.01. The van der Waals surface area contributed by atoms with E-state index in [4.69, 9.17) is 27.9 Å². The van der Waals surface area contributed by atoms with Gasteiger partial charge in [0, 0.05) is 11.8 Å². The van der Waals surface area contributed by atoms with E-state index in [1.165, 1.54) is 31.3 Å². The number of aromatic nitrogens is 1. The molecule has 2 rings (SSSR count). The molecular formula is C20H20Cl2FN3O4. The van der Waals surface area contributed by atoms with Gasteiger partial charge in [0.1, 0.15) is 11.9 Å². The van der Waals surface area contributed by atoms with Crippen LogP contribution >= 0.6 is 23.2 Å². The van der Waals surface area contributed by atoms with Crippen molar-refractivity contribution in [3.63, 3.8) is 0 Å². The normalized spacial score (nSPS) is 12.8. The fourth-order valence-electron chi connectivity index (χ4n) is 2.35. The first-order valence-corrected chi connectivity index (χ1v) is 9.73. The lowest BCUT2D eigenvalue weighted by Crippen LogP contribution is -2.47. The molecule has 30 heavy (non-hydrogen) atoms. The van der Waals surface area contributed by atoms with Crippen LogP contribution in [0.2, 0.25) is 10.0 Å². The van der Waals surface area contributed by atoms with E-state index in [-0.39, 0.29) is 22.3 Å². The van der Waals surface area contributed by atoms with Crippen LogP contribution in [0.5, 0.6) is 0 Å². The Bertz CT molecular complexity index is 938. The molecule has 0 unspecified atom stereocenters. The highest BCUT2D eigenvalue weighted by atomic mass is 35.5. The summed E-state index contributed by atoms with van der Waals surface area (Å²) in [5, 5.41) is 5.41. The van der Waals surface area contributed by atoms with Gasteiger partial charge in [0.15, 0.2) is 11.9 Å². The van der Waals surface area contributed by atoms with Crippen molar-refractivity contribution in [2.45, 2.75) is 32.9 Å². The van der Waals surface area contributed by atoms with Crippen molar-refractivity contribution in [3.8, 4) is 0 Å². The molecule has 0 aliphatic rings. The smallest absolute Gasteiger partial charge is 0.329 e. The molecule has 0 aliphatic heterocycles. The highest BCUT2D eigenvalue weighted by Gasteiger charge is 2.29. The minimum Gasteiger partial charge on any atom is -0.451 e. The zero-order chi connectivity index (χ0) is 22.4. The molecule has 7 nitrogen and oxygen atoms in total. The molecule has 0 aliphatic carbocycles. The van der Waals surface area contributed by atoms with Gasteiger partial charge in [-0.05, 0) is 43.2 Å². The molecule has 1 aromatic heterocycles. The molecule has 0 radical (unpaired) electrons. The highest BCUT2D eigenvalue weighted by Crippen LogP contribution is 2.22. The molecule has 0 fully saturated rings. The number of rotatable bonds is 7. The van der Waals surface area contributed by atoms with E-state index in [0.29, 0.717) is 5.02 Å². The number of hydrogen-bond acceptors (Lipinski definition) is 5. The Morgan fingerprint density at radius 2 is 1.73 bits per heavy atom. The predicted molar refractivity (Wildman–Crippen MR) is 111 cm³/mol. The quantitative estimate of drug-likeness (QED) is 0.617. The van der Waals surface area contributed by atoms with Crippen LogP contribution in [0, 0.1) is 11.7 Å². The van der Waals surface area contributed by atoms with Crippen LogP contribution in [0.4, 0.5) is 10.2 Å². The van der Waals surface area contributed by atoms with Crippen LogP contribution in [0.25, 0.3) is 0 Å². The topological polar surface area (TPSA) is 97.4 Å². The number of amides is 2. The maximum atomic E-state index is 13.0. The maximum Gasteiger partial charge on any atom is 0.329 e. The summed E-state index contributed by atoms with van der Waals surface area (Å²) in [5.74, 6) is -2.77. The van der Waals surface area contributed by atoms with E-state index in [2.05, 4.69) is 15.6 Å². The minimum absolute atomic E-state index is 0.0685. The van der Waals surface area contributed by atoms with E-state index < -0.39 is 35.7 Å². The van der Waals surface area contributed by atoms with Crippen molar-refractivity contribution < 1.29 is 23.5 Å². The summed E-state index contributed by atoms with van der Waals surface area (Å²) in [7, 11) is 0. The van der Waals surface area contributed by atoms with Crippen LogP contribution < -0.4 is 10.6 Å². The number of benzene rings is 1. The Labute approximate surface area is 182 Å². The summed E-state index contributed by atoms with van der Waals surface area (Å²) in [6, 6.07) is 5.26. The maximum absolute atomic E-state index is 13.0. The van der Waals surface area contributed by atoms with E-state index in [1.807, 2.05) is 0 Å². The average Bonchev–Trinajstić information content (AvgIpc) is 2.68. The Hall–Kier alpha value is -2.71. The van der Waals surface area contributed by atoms with E-state index in [0.717, 1.165) is 12.1 Å². The molecule has 2 aromatic rings. The molecule has 0 bridgehead atoms. The van der Waals surface area contributed by atoms with Crippen molar-refractivity contribution in [1.29, 1.82) is 0 Å². The third-order valence-electron chi connectivity index (χ3n) is 4.03. The van der Waals surface area contributed by atoms with Gasteiger partial charge in [-0.1, -0.05) is 37.0 Å². The summed E-state index contributed by atoms with van der Waals surface area (Å²) < 4.78 is 18.2. The van der Waals surface area contributed by atoms with Crippen LogP contribution in [-0.2, 0) is 14.3 Å². The van der Waals surface area contributed by atoms with E-state index >= 15 is 0 Å². The van der Waals surface area contributed by atoms with Crippen LogP contribution in [0.3, 0.4) is 0 Å². The standard InChI is InChI=1S/C20H20Cl2FN3O4/c1-10(2)16(25-19(28)12-4-6-14(23)7-5-12)20(29)30-11(3)18(27)26-17-15(22)8-13(21)9-24-17/h4-11,16H,1-3H3,(H,25,28)(H,24,26,27)/t11-,16+/m1/s1. The highest BCUT2D eigenvalue weighted by molar-refractivity contribution is 6.36. The molecule has 1 aromatic carbocycles. The van der Waals surface area contributed by atoms with Crippen molar-refractivity contribution in [3.05, 3.63) is 58.0 Å². The van der Waals surface area contributed by atoms with Crippen molar-refractivity contribution >= 4 is 46.8 Å². The monoisotopic (exact) mass is 455 g/mol. The number of hydrogen-bond donors (Lipinski definition) is 2. The summed E-state index contributed by atoms with van der Waals surface area (Å²) in [5.41, 5.74) is 0.184. The number of pyridine rings is 1. The third-order valence-corrected chi connectivity index (χ3v) is 4.52. The van der Waals surface area contributed by atoms with Crippen LogP contribution in [0.1, 0.15) is 31.1 Å². The summed E-state index contributed by atoms with van der Waals surface area (Å²) in [4.78, 5) is 41.1. The molecule has 2 atom stereocenters. The fourth-order valence-corrected chi connectivity index (χ4v) is 2.78. The first-order chi connectivity index (χ1) is 14.1. The zero-order valence-corrected chi connectivity index (χ0v) is 17.9. The number of carbonyl (C=O) groups excluding carboxylic acids is 3. The largest absolute Gasteiger partial charge is 0.451 e. The Morgan fingerprint density at radius 1 is 1.10 bits per heavy atom. The predicted octanol–water partition coefficient (Wildman–Crippen LogP) is 3.85. The second kappa shape index (κ2) is 10.4. The van der Waals surface area contributed by atoms with Gasteiger partial charge >= 0.3 is 5.97 Å².